The average molecular weight is 289 g/mol. The topological polar surface area (TPSA) is 87.3 Å². The Kier molecular flexibility index (Phi) is 5.31. The zero-order valence-corrected chi connectivity index (χ0v) is 11.7. The second-order valence-corrected chi connectivity index (χ2v) is 5.07. The normalized spacial score (nSPS) is 17.8. The number of amides is 4. The number of rotatable bonds is 6. The highest BCUT2D eigenvalue weighted by atomic mass is 16.2. The van der Waals surface area contributed by atoms with Gasteiger partial charge in [0, 0.05) is 25.4 Å². The van der Waals surface area contributed by atoms with Crippen LogP contribution in [0.3, 0.4) is 0 Å². The van der Waals surface area contributed by atoms with E-state index < -0.39 is 12.1 Å². The van der Waals surface area contributed by atoms with E-state index in [-0.39, 0.29) is 24.7 Å². The molecule has 1 saturated heterocycles. The maximum atomic E-state index is 11.7. The first-order valence-corrected chi connectivity index (χ1v) is 7.04. The predicted molar refractivity (Wildman–Crippen MR) is 77.5 cm³/mol. The van der Waals surface area contributed by atoms with Crippen LogP contribution in [0, 0.1) is 0 Å². The molecule has 1 aliphatic rings. The molecule has 0 radical (unpaired) electrons. The first-order valence-electron chi connectivity index (χ1n) is 7.04. The lowest BCUT2D eigenvalue weighted by atomic mass is 10.1. The molecule has 6 heteroatoms. The number of nitrogens with one attached hydrogen (secondary N) is 3. The fourth-order valence-corrected chi connectivity index (χ4v) is 2.26. The predicted octanol–water partition coefficient (Wildman–Crippen LogP) is 0.724. The van der Waals surface area contributed by atoms with Gasteiger partial charge in [0.25, 0.3) is 0 Å². The van der Waals surface area contributed by atoms with E-state index in [1.54, 1.807) is 0 Å². The van der Waals surface area contributed by atoms with Gasteiger partial charge in [0.05, 0.1) is 0 Å². The number of carbonyl (C=O) groups excluding carboxylic acids is 3. The number of urea groups is 1. The van der Waals surface area contributed by atoms with Crippen LogP contribution in [0.5, 0.6) is 0 Å². The van der Waals surface area contributed by atoms with E-state index in [4.69, 9.17) is 0 Å². The van der Waals surface area contributed by atoms with Crippen LogP contribution in [0.25, 0.3) is 0 Å². The third-order valence-corrected chi connectivity index (χ3v) is 3.26. The summed E-state index contributed by atoms with van der Waals surface area (Å²) in [5.74, 6) is -0.497. The van der Waals surface area contributed by atoms with Crippen LogP contribution in [0.15, 0.2) is 30.3 Å². The van der Waals surface area contributed by atoms with E-state index in [0.29, 0.717) is 6.54 Å². The minimum atomic E-state index is -0.534. The van der Waals surface area contributed by atoms with E-state index in [1.165, 1.54) is 5.56 Å². The Morgan fingerprint density at radius 2 is 2.00 bits per heavy atom. The molecule has 112 valence electrons. The number of hydrogen-bond acceptors (Lipinski definition) is 3. The molecule has 2 rings (SSSR count). The lowest BCUT2D eigenvalue weighted by molar-refractivity contribution is -0.123. The van der Waals surface area contributed by atoms with Crippen molar-refractivity contribution in [3.63, 3.8) is 0 Å². The van der Waals surface area contributed by atoms with Gasteiger partial charge < -0.3 is 10.6 Å². The van der Waals surface area contributed by atoms with Crippen LogP contribution < -0.4 is 16.0 Å². The van der Waals surface area contributed by atoms with Crippen molar-refractivity contribution in [3.8, 4) is 0 Å². The summed E-state index contributed by atoms with van der Waals surface area (Å²) in [5, 5.41) is 7.50. The van der Waals surface area contributed by atoms with Gasteiger partial charge >= 0.3 is 6.03 Å². The van der Waals surface area contributed by atoms with Gasteiger partial charge in [0.1, 0.15) is 0 Å². The zero-order valence-electron chi connectivity index (χ0n) is 11.7. The maximum absolute atomic E-state index is 11.7. The van der Waals surface area contributed by atoms with Crippen molar-refractivity contribution in [1.82, 2.24) is 16.0 Å². The lowest BCUT2D eigenvalue weighted by Crippen LogP contribution is -2.53. The maximum Gasteiger partial charge on any atom is 0.321 e. The van der Waals surface area contributed by atoms with Gasteiger partial charge in [-0.15, -0.1) is 0 Å². The van der Waals surface area contributed by atoms with Crippen molar-refractivity contribution < 1.29 is 14.4 Å². The van der Waals surface area contributed by atoms with Gasteiger partial charge in [0.2, 0.25) is 11.8 Å². The average Bonchev–Trinajstić information content (AvgIpc) is 2.43. The van der Waals surface area contributed by atoms with Crippen LogP contribution in [-0.4, -0.2) is 30.4 Å². The fourth-order valence-electron chi connectivity index (χ4n) is 2.26. The Hall–Kier alpha value is -2.37. The fraction of sp³-hybridized carbons (Fsp3) is 0.400. The Morgan fingerprint density at radius 1 is 1.24 bits per heavy atom. The standard InChI is InChI=1S/C15H19N3O3/c19-13(9-12-10-14(20)18-15(21)17-12)16-8-4-7-11-5-2-1-3-6-11/h1-3,5-6,12H,4,7-10H2,(H,16,19)(H2,17,18,20,21). The van der Waals surface area contributed by atoms with Gasteiger partial charge in [0.15, 0.2) is 0 Å². The third kappa shape index (κ3) is 5.25. The van der Waals surface area contributed by atoms with Crippen LogP contribution in [0.1, 0.15) is 24.8 Å². The monoisotopic (exact) mass is 289 g/mol. The van der Waals surface area contributed by atoms with Crippen LogP contribution in [-0.2, 0) is 16.0 Å². The molecule has 0 aromatic heterocycles. The second-order valence-electron chi connectivity index (χ2n) is 5.07. The van der Waals surface area contributed by atoms with E-state index in [9.17, 15) is 14.4 Å². The highest BCUT2D eigenvalue weighted by Crippen LogP contribution is 2.04. The summed E-state index contributed by atoms with van der Waals surface area (Å²) in [6.45, 7) is 0.584. The minimum Gasteiger partial charge on any atom is -0.356 e. The third-order valence-electron chi connectivity index (χ3n) is 3.26. The Labute approximate surface area is 123 Å². The summed E-state index contributed by atoms with van der Waals surface area (Å²) >= 11 is 0. The number of carbonyl (C=O) groups is 3. The molecular formula is C15H19N3O3. The molecule has 3 N–H and O–H groups in total. The molecule has 6 nitrogen and oxygen atoms in total. The molecule has 1 unspecified atom stereocenters. The summed E-state index contributed by atoms with van der Waals surface area (Å²) in [6.07, 6.45) is 2.03. The molecule has 1 heterocycles. The quantitative estimate of drug-likeness (QED) is 0.674. The molecule has 1 atom stereocenters. The summed E-state index contributed by atoms with van der Waals surface area (Å²) in [5.41, 5.74) is 1.24. The highest BCUT2D eigenvalue weighted by molar-refractivity contribution is 5.97. The molecular weight excluding hydrogens is 270 g/mol. The summed E-state index contributed by atoms with van der Waals surface area (Å²) < 4.78 is 0. The largest absolute Gasteiger partial charge is 0.356 e. The van der Waals surface area contributed by atoms with Crippen LogP contribution >= 0.6 is 0 Å². The first kappa shape index (κ1) is 15.0. The van der Waals surface area contributed by atoms with Crippen LogP contribution in [0.4, 0.5) is 4.79 Å². The Bertz CT molecular complexity index is 500. The number of hydrogen-bond donors (Lipinski definition) is 3. The molecule has 1 fully saturated rings. The first-order chi connectivity index (χ1) is 10.1. The van der Waals surface area contributed by atoms with Gasteiger partial charge in [-0.3, -0.25) is 14.9 Å². The molecule has 1 aromatic rings. The Balaban J connectivity index is 1.63. The van der Waals surface area contributed by atoms with E-state index >= 15 is 0 Å². The molecule has 1 aromatic carbocycles. The summed E-state index contributed by atoms with van der Waals surface area (Å²) in [7, 11) is 0. The zero-order chi connectivity index (χ0) is 15.1. The van der Waals surface area contributed by atoms with Gasteiger partial charge in [-0.05, 0) is 18.4 Å². The van der Waals surface area contributed by atoms with Crippen molar-refractivity contribution >= 4 is 17.8 Å². The number of benzene rings is 1. The highest BCUT2D eigenvalue weighted by Gasteiger charge is 2.25. The summed E-state index contributed by atoms with van der Waals surface area (Å²) in [4.78, 5) is 34.0. The van der Waals surface area contributed by atoms with Crippen molar-refractivity contribution in [2.75, 3.05) is 6.54 Å². The minimum absolute atomic E-state index is 0.129. The molecule has 0 spiro atoms. The van der Waals surface area contributed by atoms with E-state index in [2.05, 4.69) is 28.1 Å². The number of imide groups is 1. The van der Waals surface area contributed by atoms with Crippen molar-refractivity contribution in [2.45, 2.75) is 31.7 Å². The van der Waals surface area contributed by atoms with E-state index in [1.807, 2.05) is 18.2 Å². The Morgan fingerprint density at radius 3 is 2.71 bits per heavy atom. The number of aryl methyl sites for hydroxylation is 1. The van der Waals surface area contributed by atoms with Gasteiger partial charge in [-0.1, -0.05) is 30.3 Å². The van der Waals surface area contributed by atoms with Crippen LogP contribution in [0.2, 0.25) is 0 Å². The molecule has 4 amide bonds. The van der Waals surface area contributed by atoms with Crippen molar-refractivity contribution in [1.29, 1.82) is 0 Å². The SMILES string of the molecule is O=C(CC1CC(=O)NC(=O)N1)NCCCc1ccccc1. The van der Waals surface area contributed by atoms with Gasteiger partial charge in [-0.2, -0.15) is 0 Å². The molecule has 0 saturated carbocycles. The van der Waals surface area contributed by atoms with Gasteiger partial charge in [-0.25, -0.2) is 4.79 Å². The summed E-state index contributed by atoms with van der Waals surface area (Å²) in [6, 6.07) is 9.11. The van der Waals surface area contributed by atoms with Crippen molar-refractivity contribution in [3.05, 3.63) is 35.9 Å². The molecule has 1 aliphatic heterocycles. The lowest BCUT2D eigenvalue weighted by Gasteiger charge is -2.22. The molecule has 0 bridgehead atoms. The van der Waals surface area contributed by atoms with Crippen molar-refractivity contribution in [2.24, 2.45) is 0 Å². The smallest absolute Gasteiger partial charge is 0.321 e. The second kappa shape index (κ2) is 7.42. The molecule has 21 heavy (non-hydrogen) atoms. The van der Waals surface area contributed by atoms with E-state index in [0.717, 1.165) is 12.8 Å². The molecule has 0 aliphatic carbocycles.